The molecule has 0 spiro atoms. The van der Waals surface area contributed by atoms with Gasteiger partial charge in [-0.05, 0) is 38.8 Å². The van der Waals surface area contributed by atoms with E-state index in [0.29, 0.717) is 24.2 Å². The van der Waals surface area contributed by atoms with Gasteiger partial charge >= 0.3 is 6.18 Å². The molecule has 4 nitrogen and oxygen atoms in total. The summed E-state index contributed by atoms with van der Waals surface area (Å²) in [5.74, 6) is -3.53. The number of halogens is 3. The normalized spacial score (nSPS) is 30.6. The molecule has 2 saturated heterocycles. The lowest BCUT2D eigenvalue weighted by Crippen LogP contribution is -2.44. The number of pyridine rings is 1. The summed E-state index contributed by atoms with van der Waals surface area (Å²) in [6.45, 7) is 3.52. The summed E-state index contributed by atoms with van der Waals surface area (Å²) in [7, 11) is 0. The highest BCUT2D eigenvalue weighted by Crippen LogP contribution is 2.50. The minimum Gasteiger partial charge on any atom is -0.373 e. The number of nitrogens with zero attached hydrogens (tertiary/aromatic N) is 1. The van der Waals surface area contributed by atoms with Crippen molar-refractivity contribution in [2.45, 2.75) is 45.1 Å². The van der Waals surface area contributed by atoms with Crippen LogP contribution in [0.2, 0.25) is 0 Å². The molecule has 4 atom stereocenters. The molecule has 0 aliphatic carbocycles. The quantitative estimate of drug-likeness (QED) is 0.913. The first kappa shape index (κ1) is 15.3. The van der Waals surface area contributed by atoms with Crippen LogP contribution < -0.4 is 5.32 Å². The van der Waals surface area contributed by atoms with Gasteiger partial charge in [0.25, 0.3) is 0 Å². The van der Waals surface area contributed by atoms with Crippen molar-refractivity contribution in [1.29, 1.82) is 0 Å². The summed E-state index contributed by atoms with van der Waals surface area (Å²) in [4.78, 5) is 16.6. The maximum absolute atomic E-state index is 13.2. The van der Waals surface area contributed by atoms with Crippen molar-refractivity contribution in [3.63, 3.8) is 0 Å². The average Bonchev–Trinajstić information content (AvgIpc) is 3.01. The van der Waals surface area contributed by atoms with E-state index >= 15 is 0 Å². The third-order valence-corrected chi connectivity index (χ3v) is 4.44. The Morgan fingerprint density at radius 3 is 2.59 bits per heavy atom. The topological polar surface area (TPSA) is 51.2 Å². The SMILES string of the molecule is Cc1ccc(NC(=O)C2C3CCC(O3)C2C(F)(F)F)c(C)n1. The van der Waals surface area contributed by atoms with Crippen LogP contribution in [0.15, 0.2) is 12.1 Å². The van der Waals surface area contributed by atoms with Gasteiger partial charge in [-0.2, -0.15) is 13.2 Å². The van der Waals surface area contributed by atoms with Gasteiger partial charge < -0.3 is 10.1 Å². The molecule has 0 aromatic carbocycles. The molecule has 3 heterocycles. The molecule has 1 aromatic heterocycles. The molecular weight excluding hydrogens is 297 g/mol. The summed E-state index contributed by atoms with van der Waals surface area (Å²) in [6, 6.07) is 3.37. The van der Waals surface area contributed by atoms with Crippen molar-refractivity contribution in [1.82, 2.24) is 4.98 Å². The number of aryl methyl sites for hydroxylation is 2. The van der Waals surface area contributed by atoms with Crippen LogP contribution in [-0.2, 0) is 9.53 Å². The molecule has 0 radical (unpaired) electrons. The van der Waals surface area contributed by atoms with Crippen LogP contribution in [0.25, 0.3) is 0 Å². The van der Waals surface area contributed by atoms with Crippen molar-refractivity contribution in [2.75, 3.05) is 5.32 Å². The first-order valence-electron chi connectivity index (χ1n) is 7.24. The van der Waals surface area contributed by atoms with Gasteiger partial charge in [-0.1, -0.05) is 0 Å². The van der Waals surface area contributed by atoms with E-state index in [0.717, 1.165) is 5.69 Å². The number of nitrogens with one attached hydrogen (secondary N) is 1. The number of fused-ring (bicyclic) bond motifs is 2. The molecule has 2 bridgehead atoms. The minimum atomic E-state index is -4.43. The van der Waals surface area contributed by atoms with Gasteiger partial charge in [0, 0.05) is 5.69 Å². The molecular formula is C15H17F3N2O2. The zero-order valence-electron chi connectivity index (χ0n) is 12.3. The molecule has 4 unspecified atom stereocenters. The Kier molecular flexibility index (Phi) is 3.63. The molecule has 2 aliphatic rings. The summed E-state index contributed by atoms with van der Waals surface area (Å²) >= 11 is 0. The zero-order chi connectivity index (χ0) is 16.1. The molecule has 7 heteroatoms. The van der Waals surface area contributed by atoms with E-state index < -0.39 is 36.1 Å². The van der Waals surface area contributed by atoms with Gasteiger partial charge in [-0.3, -0.25) is 9.78 Å². The largest absolute Gasteiger partial charge is 0.395 e. The Bertz CT molecular complexity index is 603. The van der Waals surface area contributed by atoms with E-state index in [1.165, 1.54) is 0 Å². The molecule has 22 heavy (non-hydrogen) atoms. The Labute approximate surface area is 126 Å². The Morgan fingerprint density at radius 1 is 1.27 bits per heavy atom. The fourth-order valence-electron chi connectivity index (χ4n) is 3.46. The first-order chi connectivity index (χ1) is 10.3. The van der Waals surface area contributed by atoms with Crippen LogP contribution in [0.3, 0.4) is 0 Å². The average molecular weight is 314 g/mol. The van der Waals surface area contributed by atoms with E-state index in [9.17, 15) is 18.0 Å². The number of carbonyl (C=O) groups is 1. The fraction of sp³-hybridized carbons (Fsp3) is 0.600. The lowest BCUT2D eigenvalue weighted by Gasteiger charge is -2.28. The fourth-order valence-corrected chi connectivity index (χ4v) is 3.46. The predicted octanol–water partition coefficient (Wildman–Crippen LogP) is 2.99. The summed E-state index contributed by atoms with van der Waals surface area (Å²) < 4.78 is 45.0. The number of carbonyl (C=O) groups excluding carboxylic acids is 1. The summed E-state index contributed by atoms with van der Waals surface area (Å²) in [5.41, 5.74) is 1.81. The summed E-state index contributed by atoms with van der Waals surface area (Å²) in [5, 5.41) is 2.58. The molecule has 3 rings (SSSR count). The highest BCUT2D eigenvalue weighted by Gasteiger charge is 2.62. The van der Waals surface area contributed by atoms with Crippen LogP contribution >= 0.6 is 0 Å². The number of alkyl halides is 3. The van der Waals surface area contributed by atoms with Gasteiger partial charge in [-0.15, -0.1) is 0 Å². The lowest BCUT2D eigenvalue weighted by atomic mass is 9.78. The highest BCUT2D eigenvalue weighted by molar-refractivity contribution is 5.94. The van der Waals surface area contributed by atoms with Gasteiger partial charge in [0.15, 0.2) is 0 Å². The zero-order valence-corrected chi connectivity index (χ0v) is 12.3. The maximum atomic E-state index is 13.2. The van der Waals surface area contributed by atoms with Crippen molar-refractivity contribution in [3.8, 4) is 0 Å². The van der Waals surface area contributed by atoms with Crippen LogP contribution in [-0.4, -0.2) is 29.3 Å². The van der Waals surface area contributed by atoms with Crippen LogP contribution in [0.5, 0.6) is 0 Å². The van der Waals surface area contributed by atoms with Crippen molar-refractivity contribution < 1.29 is 22.7 Å². The molecule has 120 valence electrons. The molecule has 1 aromatic rings. The number of aromatic nitrogens is 1. The molecule has 2 aliphatic heterocycles. The minimum absolute atomic E-state index is 0.365. The Hall–Kier alpha value is -1.63. The number of anilines is 1. The van der Waals surface area contributed by atoms with Crippen molar-refractivity contribution >= 4 is 11.6 Å². The van der Waals surface area contributed by atoms with Gasteiger partial charge in [0.2, 0.25) is 5.91 Å². The number of ether oxygens (including phenoxy) is 1. The van der Waals surface area contributed by atoms with E-state index in [1.54, 1.807) is 19.1 Å². The van der Waals surface area contributed by atoms with Crippen LogP contribution in [0, 0.1) is 25.7 Å². The third kappa shape index (κ3) is 2.58. The van der Waals surface area contributed by atoms with Crippen molar-refractivity contribution in [3.05, 3.63) is 23.5 Å². The second-order valence-electron chi connectivity index (χ2n) is 5.96. The molecule has 1 N–H and O–H groups in total. The molecule has 0 saturated carbocycles. The highest BCUT2D eigenvalue weighted by atomic mass is 19.4. The molecule has 1 amide bonds. The number of amides is 1. The molecule has 2 fully saturated rings. The van der Waals surface area contributed by atoms with E-state index in [1.807, 2.05) is 6.92 Å². The Balaban J connectivity index is 1.82. The van der Waals surface area contributed by atoms with Crippen LogP contribution in [0.1, 0.15) is 24.2 Å². The van der Waals surface area contributed by atoms with Crippen LogP contribution in [0.4, 0.5) is 18.9 Å². The van der Waals surface area contributed by atoms with Gasteiger partial charge in [-0.25, -0.2) is 0 Å². The second kappa shape index (κ2) is 5.22. The smallest absolute Gasteiger partial charge is 0.373 e. The predicted molar refractivity (Wildman–Crippen MR) is 73.3 cm³/mol. The third-order valence-electron chi connectivity index (χ3n) is 4.44. The van der Waals surface area contributed by atoms with E-state index in [4.69, 9.17) is 4.74 Å². The lowest BCUT2D eigenvalue weighted by molar-refractivity contribution is -0.196. The Morgan fingerprint density at radius 2 is 1.95 bits per heavy atom. The van der Waals surface area contributed by atoms with E-state index in [2.05, 4.69) is 10.3 Å². The van der Waals surface area contributed by atoms with Gasteiger partial charge in [0.1, 0.15) is 0 Å². The standard InChI is InChI=1S/C15H17F3N2O2/c1-7-3-4-9(8(2)19-7)20-14(21)12-10-5-6-11(22-10)13(12)15(16,17)18/h3-4,10-13H,5-6H2,1-2H3,(H,20,21). The number of hydrogen-bond donors (Lipinski definition) is 1. The number of rotatable bonds is 2. The van der Waals surface area contributed by atoms with Crippen molar-refractivity contribution in [2.24, 2.45) is 11.8 Å². The first-order valence-corrected chi connectivity index (χ1v) is 7.24. The van der Waals surface area contributed by atoms with Gasteiger partial charge in [0.05, 0.1) is 35.4 Å². The maximum Gasteiger partial charge on any atom is 0.395 e. The summed E-state index contributed by atoms with van der Waals surface area (Å²) in [6.07, 6.45) is -5.10. The number of hydrogen-bond acceptors (Lipinski definition) is 3. The van der Waals surface area contributed by atoms with E-state index in [-0.39, 0.29) is 0 Å². The monoisotopic (exact) mass is 314 g/mol. The second-order valence-corrected chi connectivity index (χ2v) is 5.96.